The number of benzene rings is 2. The maximum Gasteiger partial charge on any atom is 0.229 e. The summed E-state index contributed by atoms with van der Waals surface area (Å²) in [5.74, 6) is 1.57. The van der Waals surface area contributed by atoms with Gasteiger partial charge in [0.1, 0.15) is 5.82 Å². The lowest BCUT2D eigenvalue weighted by Crippen LogP contribution is -2.15. The summed E-state index contributed by atoms with van der Waals surface area (Å²) in [7, 11) is 3.14. The summed E-state index contributed by atoms with van der Waals surface area (Å²) < 4.78 is 10.5. The number of nitrogens with zero attached hydrogens (tertiary/aromatic N) is 1. The molecule has 0 spiro atoms. The predicted molar refractivity (Wildman–Crippen MR) is 106 cm³/mol. The molecule has 0 aliphatic rings. The Morgan fingerprint density at radius 1 is 0.926 bits per heavy atom. The lowest BCUT2D eigenvalue weighted by Gasteiger charge is -2.10. The van der Waals surface area contributed by atoms with Gasteiger partial charge >= 0.3 is 0 Å². The summed E-state index contributed by atoms with van der Waals surface area (Å²) in [6.07, 6.45) is 1.89. The van der Waals surface area contributed by atoms with Crippen LogP contribution in [0.1, 0.15) is 5.56 Å². The van der Waals surface area contributed by atoms with Crippen molar-refractivity contribution in [3.8, 4) is 11.5 Å². The van der Waals surface area contributed by atoms with Gasteiger partial charge in [0.05, 0.1) is 32.5 Å². The first kappa shape index (κ1) is 18.3. The SMILES string of the molecule is COc1ccc(CC(=O)Nc2ccc(Nc3ccccc3)cn2)cc1OC. The maximum absolute atomic E-state index is 12.3. The van der Waals surface area contributed by atoms with Gasteiger partial charge in [0, 0.05) is 5.69 Å². The Hall–Kier alpha value is -3.54. The Balaban J connectivity index is 1.59. The molecule has 27 heavy (non-hydrogen) atoms. The van der Waals surface area contributed by atoms with Gasteiger partial charge in [-0.05, 0) is 42.0 Å². The van der Waals surface area contributed by atoms with Crippen LogP contribution in [0.25, 0.3) is 0 Å². The Kier molecular flexibility index (Phi) is 5.89. The summed E-state index contributed by atoms with van der Waals surface area (Å²) in [5.41, 5.74) is 2.65. The van der Waals surface area contributed by atoms with Gasteiger partial charge in [-0.3, -0.25) is 4.79 Å². The van der Waals surface area contributed by atoms with E-state index in [1.54, 1.807) is 38.6 Å². The second-order valence-electron chi connectivity index (χ2n) is 5.84. The second kappa shape index (κ2) is 8.71. The van der Waals surface area contributed by atoms with Crippen molar-refractivity contribution in [1.82, 2.24) is 4.98 Å². The van der Waals surface area contributed by atoms with Crippen molar-refractivity contribution >= 4 is 23.1 Å². The van der Waals surface area contributed by atoms with Gasteiger partial charge in [-0.1, -0.05) is 24.3 Å². The van der Waals surface area contributed by atoms with E-state index in [1.807, 2.05) is 42.5 Å². The molecule has 0 aliphatic heterocycles. The highest BCUT2D eigenvalue weighted by Gasteiger charge is 2.09. The molecule has 1 amide bonds. The van der Waals surface area contributed by atoms with Crippen molar-refractivity contribution in [2.45, 2.75) is 6.42 Å². The molecule has 138 valence electrons. The molecule has 0 saturated heterocycles. The van der Waals surface area contributed by atoms with Crippen molar-refractivity contribution in [2.24, 2.45) is 0 Å². The average molecular weight is 363 g/mol. The fourth-order valence-electron chi connectivity index (χ4n) is 2.59. The number of carbonyl (C=O) groups excluding carboxylic acids is 1. The molecular formula is C21H21N3O3. The van der Waals surface area contributed by atoms with Gasteiger partial charge in [-0.15, -0.1) is 0 Å². The number of aromatic nitrogens is 1. The maximum atomic E-state index is 12.3. The molecule has 6 nitrogen and oxygen atoms in total. The summed E-state index contributed by atoms with van der Waals surface area (Å²) in [6, 6.07) is 18.8. The predicted octanol–water partition coefficient (Wildman–Crippen LogP) is 4.02. The van der Waals surface area contributed by atoms with E-state index in [1.165, 1.54) is 0 Å². The van der Waals surface area contributed by atoms with Crippen molar-refractivity contribution in [3.63, 3.8) is 0 Å². The number of ether oxygens (including phenoxy) is 2. The summed E-state index contributed by atoms with van der Waals surface area (Å²) in [5, 5.41) is 6.04. The highest BCUT2D eigenvalue weighted by molar-refractivity contribution is 5.91. The normalized spacial score (nSPS) is 10.1. The first-order valence-electron chi connectivity index (χ1n) is 8.47. The van der Waals surface area contributed by atoms with Crippen LogP contribution in [0.5, 0.6) is 11.5 Å². The van der Waals surface area contributed by atoms with Crippen molar-refractivity contribution in [3.05, 3.63) is 72.4 Å². The number of amides is 1. The molecule has 0 aliphatic carbocycles. The Labute approximate surface area is 158 Å². The Morgan fingerprint density at radius 2 is 1.70 bits per heavy atom. The molecular weight excluding hydrogens is 342 g/mol. The molecule has 3 aromatic rings. The number of hydrogen-bond donors (Lipinski definition) is 2. The fourth-order valence-corrected chi connectivity index (χ4v) is 2.59. The number of rotatable bonds is 7. The number of methoxy groups -OCH3 is 2. The molecule has 1 heterocycles. The van der Waals surface area contributed by atoms with Crippen LogP contribution in [0.2, 0.25) is 0 Å². The quantitative estimate of drug-likeness (QED) is 0.663. The number of nitrogens with one attached hydrogen (secondary N) is 2. The molecule has 0 fully saturated rings. The zero-order valence-corrected chi connectivity index (χ0v) is 15.2. The van der Waals surface area contributed by atoms with Gasteiger partial charge < -0.3 is 20.1 Å². The number of pyridine rings is 1. The van der Waals surface area contributed by atoms with Crippen molar-refractivity contribution < 1.29 is 14.3 Å². The van der Waals surface area contributed by atoms with E-state index in [0.717, 1.165) is 16.9 Å². The van der Waals surface area contributed by atoms with Gasteiger partial charge in [0.2, 0.25) is 5.91 Å². The highest BCUT2D eigenvalue weighted by Crippen LogP contribution is 2.27. The molecule has 2 aromatic carbocycles. The van der Waals surface area contributed by atoms with E-state index in [9.17, 15) is 4.79 Å². The van der Waals surface area contributed by atoms with Gasteiger partial charge in [0.25, 0.3) is 0 Å². The van der Waals surface area contributed by atoms with Gasteiger partial charge in [0.15, 0.2) is 11.5 Å². The second-order valence-corrected chi connectivity index (χ2v) is 5.84. The molecule has 3 rings (SSSR count). The highest BCUT2D eigenvalue weighted by atomic mass is 16.5. The molecule has 1 aromatic heterocycles. The Bertz CT molecular complexity index is 896. The minimum Gasteiger partial charge on any atom is -0.493 e. The average Bonchev–Trinajstić information content (AvgIpc) is 2.70. The number of carbonyl (C=O) groups is 1. The zero-order chi connectivity index (χ0) is 19.1. The molecule has 2 N–H and O–H groups in total. The van der Waals surface area contributed by atoms with Gasteiger partial charge in [-0.25, -0.2) is 4.98 Å². The molecule has 0 atom stereocenters. The van der Waals surface area contributed by atoms with Crippen LogP contribution < -0.4 is 20.1 Å². The molecule has 0 bridgehead atoms. The van der Waals surface area contributed by atoms with E-state index >= 15 is 0 Å². The van der Waals surface area contributed by atoms with Crippen LogP contribution >= 0.6 is 0 Å². The molecule has 6 heteroatoms. The van der Waals surface area contributed by atoms with E-state index in [-0.39, 0.29) is 12.3 Å². The zero-order valence-electron chi connectivity index (χ0n) is 15.2. The van der Waals surface area contributed by atoms with Crippen LogP contribution in [0, 0.1) is 0 Å². The number of anilines is 3. The lowest BCUT2D eigenvalue weighted by atomic mass is 10.1. The third-order valence-corrected chi connectivity index (χ3v) is 3.91. The Morgan fingerprint density at radius 3 is 2.37 bits per heavy atom. The fraction of sp³-hybridized carbons (Fsp3) is 0.143. The number of para-hydroxylation sites is 1. The van der Waals surface area contributed by atoms with Crippen molar-refractivity contribution in [2.75, 3.05) is 24.9 Å². The third-order valence-electron chi connectivity index (χ3n) is 3.91. The van der Waals surface area contributed by atoms with Crippen LogP contribution in [0.3, 0.4) is 0 Å². The van der Waals surface area contributed by atoms with E-state index in [2.05, 4.69) is 15.6 Å². The summed E-state index contributed by atoms with van der Waals surface area (Å²) in [6.45, 7) is 0. The summed E-state index contributed by atoms with van der Waals surface area (Å²) >= 11 is 0. The van der Waals surface area contributed by atoms with E-state index < -0.39 is 0 Å². The number of hydrogen-bond acceptors (Lipinski definition) is 5. The molecule has 0 unspecified atom stereocenters. The summed E-state index contributed by atoms with van der Waals surface area (Å²) in [4.78, 5) is 16.6. The smallest absolute Gasteiger partial charge is 0.229 e. The molecule has 0 saturated carbocycles. The van der Waals surface area contributed by atoms with E-state index in [4.69, 9.17) is 9.47 Å². The van der Waals surface area contributed by atoms with Gasteiger partial charge in [-0.2, -0.15) is 0 Å². The van der Waals surface area contributed by atoms with Crippen LogP contribution in [0.15, 0.2) is 66.9 Å². The standard InChI is InChI=1S/C21H21N3O3/c1-26-18-10-8-15(12-19(18)27-2)13-21(25)24-20-11-9-17(14-22-20)23-16-6-4-3-5-7-16/h3-12,14,23H,13H2,1-2H3,(H,22,24,25). The van der Waals surface area contributed by atoms with E-state index in [0.29, 0.717) is 17.3 Å². The molecule has 0 radical (unpaired) electrons. The van der Waals surface area contributed by atoms with Crippen LogP contribution in [-0.4, -0.2) is 25.1 Å². The first-order chi connectivity index (χ1) is 13.2. The third kappa shape index (κ3) is 4.98. The van der Waals surface area contributed by atoms with Crippen LogP contribution in [0.4, 0.5) is 17.2 Å². The lowest BCUT2D eigenvalue weighted by molar-refractivity contribution is -0.115. The van der Waals surface area contributed by atoms with Crippen LogP contribution in [-0.2, 0) is 11.2 Å². The monoisotopic (exact) mass is 363 g/mol. The van der Waals surface area contributed by atoms with Crippen molar-refractivity contribution in [1.29, 1.82) is 0 Å². The minimum absolute atomic E-state index is 0.154. The minimum atomic E-state index is -0.154. The topological polar surface area (TPSA) is 72.5 Å². The largest absolute Gasteiger partial charge is 0.493 e. The first-order valence-corrected chi connectivity index (χ1v) is 8.47.